The van der Waals surface area contributed by atoms with Gasteiger partial charge in [-0.05, 0) is 48.9 Å². The first kappa shape index (κ1) is 17.9. The van der Waals surface area contributed by atoms with E-state index in [0.29, 0.717) is 27.2 Å². The van der Waals surface area contributed by atoms with Gasteiger partial charge in [0.05, 0.1) is 15.7 Å². The van der Waals surface area contributed by atoms with Crippen molar-refractivity contribution in [2.75, 3.05) is 5.32 Å². The summed E-state index contributed by atoms with van der Waals surface area (Å²) in [4.78, 5) is 17.6. The average Bonchev–Trinajstić information content (AvgIpc) is 2.91. The van der Waals surface area contributed by atoms with Crippen molar-refractivity contribution in [1.29, 1.82) is 0 Å². The second kappa shape index (κ2) is 7.52. The molecule has 1 N–H and O–H groups in total. The van der Waals surface area contributed by atoms with E-state index in [2.05, 4.69) is 10.3 Å². The molecule has 0 saturated carbocycles. The minimum absolute atomic E-state index is 0.324. The summed E-state index contributed by atoms with van der Waals surface area (Å²) in [6.45, 7) is 1.89. The van der Waals surface area contributed by atoms with Gasteiger partial charge in [0.25, 0.3) is 5.91 Å². The Bertz CT molecular complexity index is 925. The maximum Gasteiger partial charge on any atom is 0.257 e. The van der Waals surface area contributed by atoms with Crippen LogP contribution in [0.5, 0.6) is 0 Å². The van der Waals surface area contributed by atoms with E-state index in [1.807, 2.05) is 19.1 Å². The van der Waals surface area contributed by atoms with Crippen LogP contribution in [-0.4, -0.2) is 10.9 Å². The van der Waals surface area contributed by atoms with Crippen LogP contribution in [0, 0.1) is 12.7 Å². The van der Waals surface area contributed by atoms with Gasteiger partial charge in [-0.1, -0.05) is 29.3 Å². The molecule has 1 amide bonds. The standard InChI is InChI=1S/C18H13Cl2FN2OS/c1-10-16(9-11-2-7-14(19)15(20)8-11)25-18(22-10)23-17(24)12-3-5-13(21)6-4-12/h2-8H,9H2,1H3,(H,22,23,24). The number of hydrogen-bond donors (Lipinski definition) is 1. The van der Waals surface area contributed by atoms with Crippen LogP contribution in [-0.2, 0) is 6.42 Å². The van der Waals surface area contributed by atoms with Crippen molar-refractivity contribution in [3.8, 4) is 0 Å². The summed E-state index contributed by atoms with van der Waals surface area (Å²) in [5, 5.41) is 4.26. The van der Waals surface area contributed by atoms with E-state index >= 15 is 0 Å². The molecule has 0 spiro atoms. The van der Waals surface area contributed by atoms with Crippen LogP contribution in [0.2, 0.25) is 10.0 Å². The Morgan fingerprint density at radius 2 is 1.88 bits per heavy atom. The smallest absolute Gasteiger partial charge is 0.257 e. The lowest BCUT2D eigenvalue weighted by Crippen LogP contribution is -2.11. The number of aromatic nitrogens is 1. The number of halogens is 3. The van der Waals surface area contributed by atoms with Crippen molar-refractivity contribution in [3.05, 3.63) is 80.0 Å². The van der Waals surface area contributed by atoms with Crippen molar-refractivity contribution in [2.45, 2.75) is 13.3 Å². The largest absolute Gasteiger partial charge is 0.298 e. The fraction of sp³-hybridized carbons (Fsp3) is 0.111. The lowest BCUT2D eigenvalue weighted by molar-refractivity contribution is 0.102. The monoisotopic (exact) mass is 394 g/mol. The van der Waals surface area contributed by atoms with Crippen LogP contribution in [0.15, 0.2) is 42.5 Å². The SMILES string of the molecule is Cc1nc(NC(=O)c2ccc(F)cc2)sc1Cc1ccc(Cl)c(Cl)c1. The topological polar surface area (TPSA) is 42.0 Å². The van der Waals surface area contributed by atoms with E-state index in [9.17, 15) is 9.18 Å². The normalized spacial score (nSPS) is 10.7. The van der Waals surface area contributed by atoms with Crippen LogP contribution in [0.4, 0.5) is 9.52 Å². The number of carbonyl (C=O) groups excluding carboxylic acids is 1. The maximum absolute atomic E-state index is 12.9. The Morgan fingerprint density at radius 1 is 1.16 bits per heavy atom. The molecule has 0 saturated heterocycles. The van der Waals surface area contributed by atoms with Gasteiger partial charge in [0.1, 0.15) is 5.82 Å². The zero-order valence-corrected chi connectivity index (χ0v) is 15.5. The molecule has 0 aliphatic heterocycles. The van der Waals surface area contributed by atoms with Crippen LogP contribution >= 0.6 is 34.5 Å². The lowest BCUT2D eigenvalue weighted by Gasteiger charge is -2.02. The summed E-state index contributed by atoms with van der Waals surface area (Å²) in [5.41, 5.74) is 2.23. The van der Waals surface area contributed by atoms with E-state index < -0.39 is 0 Å². The lowest BCUT2D eigenvalue weighted by atomic mass is 10.1. The molecule has 3 nitrogen and oxygen atoms in total. The zero-order chi connectivity index (χ0) is 18.0. The first-order chi connectivity index (χ1) is 11.9. The fourth-order valence-corrected chi connectivity index (χ4v) is 3.56. The Morgan fingerprint density at radius 3 is 2.56 bits per heavy atom. The third-order valence-electron chi connectivity index (χ3n) is 3.57. The number of carbonyl (C=O) groups is 1. The first-order valence-corrected chi connectivity index (χ1v) is 8.97. The molecule has 0 unspecified atom stereocenters. The van der Waals surface area contributed by atoms with E-state index in [-0.39, 0.29) is 11.7 Å². The molecule has 3 aromatic rings. The summed E-state index contributed by atoms with van der Waals surface area (Å²) in [6.07, 6.45) is 0.646. The van der Waals surface area contributed by atoms with Gasteiger partial charge in [0.2, 0.25) is 0 Å². The molecule has 1 aromatic heterocycles. The molecule has 0 atom stereocenters. The van der Waals surface area contributed by atoms with Gasteiger partial charge in [-0.25, -0.2) is 9.37 Å². The second-order valence-corrected chi connectivity index (χ2v) is 7.31. The van der Waals surface area contributed by atoms with E-state index in [0.717, 1.165) is 16.1 Å². The van der Waals surface area contributed by atoms with Gasteiger partial charge in [-0.15, -0.1) is 11.3 Å². The average molecular weight is 395 g/mol. The molecule has 0 aliphatic rings. The Labute approximate surface area is 158 Å². The number of anilines is 1. The molecule has 128 valence electrons. The number of hydrogen-bond acceptors (Lipinski definition) is 3. The van der Waals surface area contributed by atoms with Crippen molar-refractivity contribution >= 4 is 45.6 Å². The van der Waals surface area contributed by atoms with Crippen molar-refractivity contribution in [2.24, 2.45) is 0 Å². The second-order valence-electron chi connectivity index (χ2n) is 5.41. The number of thiazole rings is 1. The van der Waals surface area contributed by atoms with Crippen LogP contribution in [0.25, 0.3) is 0 Å². The molecule has 3 rings (SSSR count). The minimum Gasteiger partial charge on any atom is -0.298 e. The number of benzene rings is 2. The highest BCUT2D eigenvalue weighted by Crippen LogP contribution is 2.28. The zero-order valence-electron chi connectivity index (χ0n) is 13.1. The highest BCUT2D eigenvalue weighted by atomic mass is 35.5. The third-order valence-corrected chi connectivity index (χ3v) is 5.38. The third kappa shape index (κ3) is 4.37. The van der Waals surface area contributed by atoms with Crippen LogP contribution in [0.1, 0.15) is 26.5 Å². The van der Waals surface area contributed by atoms with Gasteiger partial charge in [-0.3, -0.25) is 10.1 Å². The number of nitrogens with zero attached hydrogens (tertiary/aromatic N) is 1. The predicted octanol–water partition coefficient (Wildman–Crippen LogP) is 5.74. The molecule has 25 heavy (non-hydrogen) atoms. The van der Waals surface area contributed by atoms with Gasteiger partial charge in [0, 0.05) is 16.9 Å². The number of amides is 1. The van der Waals surface area contributed by atoms with E-state index in [1.54, 1.807) is 6.07 Å². The fourth-order valence-electron chi connectivity index (χ4n) is 2.25. The number of nitrogens with one attached hydrogen (secondary N) is 1. The highest BCUT2D eigenvalue weighted by Gasteiger charge is 2.13. The summed E-state index contributed by atoms with van der Waals surface area (Å²) >= 11 is 13.4. The van der Waals surface area contributed by atoms with Gasteiger partial charge in [0.15, 0.2) is 5.13 Å². The van der Waals surface area contributed by atoms with Crippen molar-refractivity contribution in [3.63, 3.8) is 0 Å². The van der Waals surface area contributed by atoms with Crippen LogP contribution < -0.4 is 5.32 Å². The minimum atomic E-state index is -0.384. The van der Waals surface area contributed by atoms with E-state index in [1.165, 1.54) is 35.6 Å². The molecule has 0 fully saturated rings. The Kier molecular flexibility index (Phi) is 5.37. The molecule has 0 aliphatic carbocycles. The molecule has 0 radical (unpaired) electrons. The number of rotatable bonds is 4. The predicted molar refractivity (Wildman–Crippen MR) is 100 cm³/mol. The molecular weight excluding hydrogens is 382 g/mol. The first-order valence-electron chi connectivity index (χ1n) is 7.39. The summed E-state index contributed by atoms with van der Waals surface area (Å²) in [5.74, 6) is -0.708. The van der Waals surface area contributed by atoms with Gasteiger partial charge in [-0.2, -0.15) is 0 Å². The van der Waals surface area contributed by atoms with E-state index in [4.69, 9.17) is 23.2 Å². The molecule has 0 bridgehead atoms. The Balaban J connectivity index is 1.74. The summed E-state index contributed by atoms with van der Waals surface area (Å²) in [6, 6.07) is 10.8. The molecule has 2 aromatic carbocycles. The quantitative estimate of drug-likeness (QED) is 0.612. The highest BCUT2D eigenvalue weighted by molar-refractivity contribution is 7.15. The Hall–Kier alpha value is -1.95. The summed E-state index contributed by atoms with van der Waals surface area (Å²) < 4.78 is 12.9. The molecule has 1 heterocycles. The van der Waals surface area contributed by atoms with Crippen molar-refractivity contribution in [1.82, 2.24) is 4.98 Å². The number of aryl methyl sites for hydroxylation is 1. The molecule has 7 heteroatoms. The van der Waals surface area contributed by atoms with Gasteiger partial charge >= 0.3 is 0 Å². The van der Waals surface area contributed by atoms with Crippen molar-refractivity contribution < 1.29 is 9.18 Å². The maximum atomic E-state index is 12.9. The van der Waals surface area contributed by atoms with Gasteiger partial charge < -0.3 is 0 Å². The molecular formula is C18H13Cl2FN2OS. The van der Waals surface area contributed by atoms with Crippen LogP contribution in [0.3, 0.4) is 0 Å². The summed E-state index contributed by atoms with van der Waals surface area (Å²) in [7, 11) is 0.